The smallest absolute Gasteiger partial charge is 0.301 e. The number of Topliss-reactive ketones (excluding diaryl/α,β-unsaturated/α-hetero) is 2. The van der Waals surface area contributed by atoms with E-state index < -0.39 is 17.7 Å². The Labute approximate surface area is 242 Å². The molecule has 41 heavy (non-hydrogen) atoms. The zero-order valence-corrected chi connectivity index (χ0v) is 24.5. The summed E-state index contributed by atoms with van der Waals surface area (Å²) in [5.74, 6) is -0.474. The number of aryl methyl sites for hydroxylation is 1. The second-order valence-corrected chi connectivity index (χ2v) is 11.1. The van der Waals surface area contributed by atoms with E-state index in [1.54, 1.807) is 43.3 Å². The van der Waals surface area contributed by atoms with Gasteiger partial charge in [0.05, 0.1) is 35.4 Å². The summed E-state index contributed by atoms with van der Waals surface area (Å²) < 4.78 is 17.5. The van der Waals surface area contributed by atoms with Crippen molar-refractivity contribution in [3.8, 4) is 17.2 Å². The van der Waals surface area contributed by atoms with Crippen LogP contribution in [-0.4, -0.2) is 46.9 Å². The number of fused-ring (bicyclic) bond motifs is 1. The number of aliphatic hydroxyl groups is 1. The van der Waals surface area contributed by atoms with Crippen LogP contribution >= 0.6 is 11.3 Å². The molecule has 0 aliphatic carbocycles. The number of benzene rings is 2. The first kappa shape index (κ1) is 28.4. The number of carbonyl (C=O) groups is 3. The lowest BCUT2D eigenvalue weighted by molar-refractivity contribution is -0.132. The molecule has 9 nitrogen and oxygen atoms in total. The van der Waals surface area contributed by atoms with Crippen molar-refractivity contribution in [1.82, 2.24) is 4.98 Å². The Morgan fingerprint density at radius 3 is 2.61 bits per heavy atom. The minimum atomic E-state index is -1.02. The monoisotopic (exact) mass is 576 g/mol. The fraction of sp³-hybridized carbons (Fsp3) is 0.355. The molecule has 2 atom stereocenters. The van der Waals surface area contributed by atoms with Crippen LogP contribution in [0.15, 0.2) is 42.0 Å². The zero-order valence-electron chi connectivity index (χ0n) is 23.6. The predicted molar refractivity (Wildman–Crippen MR) is 155 cm³/mol. The van der Waals surface area contributed by atoms with Gasteiger partial charge in [0.2, 0.25) is 0 Å². The molecule has 0 unspecified atom stereocenters. The topological polar surface area (TPSA) is 115 Å². The Hall–Kier alpha value is -4.18. The molecule has 1 aromatic heterocycles. The number of hydrogen-bond acceptors (Lipinski definition) is 9. The number of hydrogen-bond donors (Lipinski definition) is 1. The second kappa shape index (κ2) is 11.4. The Kier molecular flexibility index (Phi) is 7.86. The van der Waals surface area contributed by atoms with Crippen molar-refractivity contribution in [2.45, 2.75) is 59.6 Å². The Morgan fingerprint density at radius 2 is 1.93 bits per heavy atom. The first-order chi connectivity index (χ1) is 19.6. The van der Waals surface area contributed by atoms with Crippen LogP contribution in [-0.2, 0) is 16.0 Å². The number of anilines is 1. The summed E-state index contributed by atoms with van der Waals surface area (Å²) >= 11 is 1.04. The van der Waals surface area contributed by atoms with Gasteiger partial charge in [-0.3, -0.25) is 19.3 Å². The number of thiazole rings is 1. The summed E-state index contributed by atoms with van der Waals surface area (Å²) in [6.07, 6.45) is 1.47. The summed E-state index contributed by atoms with van der Waals surface area (Å²) in [7, 11) is 0. The van der Waals surface area contributed by atoms with Crippen LogP contribution in [0.2, 0.25) is 0 Å². The van der Waals surface area contributed by atoms with Crippen LogP contribution in [0.1, 0.15) is 72.2 Å². The number of carbonyl (C=O) groups excluding carboxylic acids is 3. The van der Waals surface area contributed by atoms with E-state index in [1.165, 1.54) is 11.8 Å². The quantitative estimate of drug-likeness (QED) is 0.147. The van der Waals surface area contributed by atoms with E-state index in [2.05, 4.69) is 4.98 Å². The van der Waals surface area contributed by atoms with Gasteiger partial charge in [-0.05, 0) is 68.7 Å². The summed E-state index contributed by atoms with van der Waals surface area (Å²) in [5.41, 5.74) is 2.21. The van der Waals surface area contributed by atoms with Gasteiger partial charge in [-0.15, -0.1) is 0 Å². The lowest BCUT2D eigenvalue weighted by atomic mass is 9.94. The third-order valence-electron chi connectivity index (χ3n) is 6.97. The van der Waals surface area contributed by atoms with E-state index in [0.29, 0.717) is 52.8 Å². The largest absolute Gasteiger partial charge is 0.507 e. The summed E-state index contributed by atoms with van der Waals surface area (Å²) in [4.78, 5) is 45.6. The highest BCUT2D eigenvalue weighted by Gasteiger charge is 2.48. The molecule has 1 N–H and O–H groups in total. The van der Waals surface area contributed by atoms with Crippen LogP contribution in [0.5, 0.6) is 17.2 Å². The fourth-order valence-corrected chi connectivity index (χ4v) is 6.17. The lowest BCUT2D eigenvalue weighted by Gasteiger charge is -2.24. The minimum Gasteiger partial charge on any atom is -0.507 e. The first-order valence-electron chi connectivity index (χ1n) is 13.6. The van der Waals surface area contributed by atoms with E-state index in [1.807, 2.05) is 20.8 Å². The summed E-state index contributed by atoms with van der Waals surface area (Å²) in [6, 6.07) is 9.39. The molecule has 0 spiro atoms. The number of amides is 1. The van der Waals surface area contributed by atoms with E-state index in [9.17, 15) is 19.5 Å². The van der Waals surface area contributed by atoms with Gasteiger partial charge in [-0.25, -0.2) is 4.98 Å². The number of aromatic nitrogens is 1. The highest BCUT2D eigenvalue weighted by atomic mass is 32.1. The maximum atomic E-state index is 13.6. The molecule has 2 aromatic carbocycles. The normalized spacial score (nSPS) is 19.3. The van der Waals surface area contributed by atoms with Crippen LogP contribution in [0.3, 0.4) is 0 Å². The molecule has 5 rings (SSSR count). The van der Waals surface area contributed by atoms with E-state index in [4.69, 9.17) is 14.2 Å². The number of ketones is 2. The van der Waals surface area contributed by atoms with Gasteiger partial charge in [0, 0.05) is 18.9 Å². The zero-order chi connectivity index (χ0) is 29.4. The SMILES string of the molecule is CCCOc1ccc([C@@H]2C(=C(O)c3ccc4c(c3)C[C@@H](C)O4)C(=O)C(=O)N2c2nc(C)c(C(C)=O)s2)cc1OCC. The lowest BCUT2D eigenvalue weighted by Crippen LogP contribution is -2.29. The molecule has 2 aliphatic rings. The Bertz CT molecular complexity index is 1570. The maximum absolute atomic E-state index is 13.6. The maximum Gasteiger partial charge on any atom is 0.301 e. The van der Waals surface area contributed by atoms with Crippen molar-refractivity contribution < 1.29 is 33.7 Å². The molecule has 1 fully saturated rings. The average molecular weight is 577 g/mol. The first-order valence-corrected chi connectivity index (χ1v) is 14.4. The van der Waals surface area contributed by atoms with Gasteiger partial charge in [0.15, 0.2) is 22.4 Å². The third-order valence-corrected chi connectivity index (χ3v) is 8.23. The molecular weight excluding hydrogens is 544 g/mol. The number of nitrogens with zero attached hydrogens (tertiary/aromatic N) is 2. The van der Waals surface area contributed by atoms with Crippen LogP contribution in [0.4, 0.5) is 5.13 Å². The molecule has 10 heteroatoms. The predicted octanol–water partition coefficient (Wildman–Crippen LogP) is 5.79. The van der Waals surface area contributed by atoms with Gasteiger partial charge in [-0.2, -0.15) is 0 Å². The highest BCUT2D eigenvalue weighted by molar-refractivity contribution is 7.18. The van der Waals surface area contributed by atoms with E-state index >= 15 is 0 Å². The average Bonchev–Trinajstić information content (AvgIpc) is 3.59. The molecule has 0 saturated carbocycles. The van der Waals surface area contributed by atoms with Crippen molar-refractivity contribution >= 4 is 39.7 Å². The van der Waals surface area contributed by atoms with Gasteiger partial charge < -0.3 is 19.3 Å². The van der Waals surface area contributed by atoms with E-state index in [0.717, 1.165) is 29.1 Å². The van der Waals surface area contributed by atoms with Gasteiger partial charge in [-0.1, -0.05) is 24.3 Å². The Balaban J connectivity index is 1.70. The minimum absolute atomic E-state index is 0.00187. The molecule has 0 radical (unpaired) electrons. The van der Waals surface area contributed by atoms with Crippen LogP contribution < -0.4 is 19.1 Å². The number of ether oxygens (including phenoxy) is 3. The van der Waals surface area contributed by atoms with Crippen molar-refractivity contribution in [3.63, 3.8) is 0 Å². The molecule has 214 valence electrons. The molecule has 1 saturated heterocycles. The van der Waals surface area contributed by atoms with Gasteiger partial charge >= 0.3 is 5.91 Å². The number of rotatable bonds is 9. The highest BCUT2D eigenvalue weighted by Crippen LogP contribution is 2.46. The number of aliphatic hydroxyl groups excluding tert-OH is 1. The van der Waals surface area contributed by atoms with Crippen molar-refractivity contribution in [1.29, 1.82) is 0 Å². The standard InChI is InChI=1S/C31H32N2O7S/c1-6-12-39-23-11-8-19(15-24(23)38-7-2)26-25(27(35)20-9-10-22-21(14-20)13-16(3)40-22)28(36)30(37)33(26)31-32-17(4)29(41-31)18(5)34/h8-11,14-16,26,35H,6-7,12-13H2,1-5H3/t16-,26-/m1/s1. The molecule has 2 aliphatic heterocycles. The van der Waals surface area contributed by atoms with Crippen molar-refractivity contribution in [2.75, 3.05) is 18.1 Å². The van der Waals surface area contributed by atoms with Crippen molar-refractivity contribution in [3.05, 3.63) is 69.2 Å². The summed E-state index contributed by atoms with van der Waals surface area (Å²) in [6.45, 7) is 9.78. The molecular formula is C31H32N2O7S. The molecule has 0 bridgehead atoms. The van der Waals surface area contributed by atoms with Crippen LogP contribution in [0.25, 0.3) is 5.76 Å². The van der Waals surface area contributed by atoms with E-state index in [-0.39, 0.29) is 28.4 Å². The third kappa shape index (κ3) is 5.19. The molecule has 3 aromatic rings. The van der Waals surface area contributed by atoms with Gasteiger partial charge in [0.25, 0.3) is 5.78 Å². The molecule has 1 amide bonds. The Morgan fingerprint density at radius 1 is 1.15 bits per heavy atom. The second-order valence-electron chi connectivity index (χ2n) is 10.1. The fourth-order valence-electron chi connectivity index (χ4n) is 5.18. The molecule has 3 heterocycles. The summed E-state index contributed by atoms with van der Waals surface area (Å²) in [5, 5.41) is 11.8. The van der Waals surface area contributed by atoms with Gasteiger partial charge in [0.1, 0.15) is 17.6 Å². The van der Waals surface area contributed by atoms with Crippen LogP contribution in [0, 0.1) is 6.92 Å². The van der Waals surface area contributed by atoms with Crippen molar-refractivity contribution in [2.24, 2.45) is 0 Å².